The van der Waals surface area contributed by atoms with Crippen molar-refractivity contribution in [3.63, 3.8) is 0 Å². The largest absolute Gasteiger partial charge is 1.00 e. The summed E-state index contributed by atoms with van der Waals surface area (Å²) in [5.74, 6) is 0.606. The average molecular weight is 121 g/mol. The molecule has 1 heterocycles. The van der Waals surface area contributed by atoms with Crippen LogP contribution in [0.2, 0.25) is 0 Å². The van der Waals surface area contributed by atoms with Crippen molar-refractivity contribution < 1.29 is 55.8 Å². The standard InChI is InChI=1S/C4H4NO.K/c1-4-2-5-3-6-4;/h2-3H,1H2;/q-1;+1. The summed E-state index contributed by atoms with van der Waals surface area (Å²) in [4.78, 5) is 3.59. The van der Waals surface area contributed by atoms with E-state index in [4.69, 9.17) is 0 Å². The molecule has 0 fully saturated rings. The molecule has 0 aliphatic carbocycles. The van der Waals surface area contributed by atoms with Crippen LogP contribution in [-0.2, 0) is 0 Å². The number of nitrogens with zero attached hydrogens (tertiary/aromatic N) is 1. The average Bonchev–Trinajstić information content (AvgIpc) is 1.86. The molecule has 0 spiro atoms. The van der Waals surface area contributed by atoms with E-state index in [1.807, 2.05) is 0 Å². The molecule has 3 heteroatoms. The number of aromatic nitrogens is 1. The Morgan fingerprint density at radius 1 is 1.71 bits per heavy atom. The van der Waals surface area contributed by atoms with Crippen LogP contribution in [0.25, 0.3) is 0 Å². The zero-order valence-corrected chi connectivity index (χ0v) is 7.34. The summed E-state index contributed by atoms with van der Waals surface area (Å²) in [7, 11) is 0. The third-order valence-electron chi connectivity index (χ3n) is 0.483. The van der Waals surface area contributed by atoms with Crippen LogP contribution in [0, 0.1) is 6.92 Å². The maximum Gasteiger partial charge on any atom is 1.00 e. The van der Waals surface area contributed by atoms with Crippen LogP contribution in [0.1, 0.15) is 5.76 Å². The molecule has 0 amide bonds. The number of rotatable bonds is 0. The van der Waals surface area contributed by atoms with Gasteiger partial charge in [-0.1, -0.05) is 6.20 Å². The van der Waals surface area contributed by atoms with Crippen LogP contribution < -0.4 is 51.4 Å². The molecule has 1 rings (SSSR count). The summed E-state index contributed by atoms with van der Waals surface area (Å²) in [6, 6.07) is 0. The van der Waals surface area contributed by atoms with Gasteiger partial charge in [-0.05, 0) is 5.76 Å². The van der Waals surface area contributed by atoms with Gasteiger partial charge in [0.25, 0.3) is 0 Å². The first-order chi connectivity index (χ1) is 2.89. The first kappa shape index (κ1) is 7.72. The molecule has 32 valence electrons. The second-order valence-electron chi connectivity index (χ2n) is 0.968. The molecule has 1 aromatic rings. The van der Waals surface area contributed by atoms with E-state index < -0.39 is 0 Å². The molecule has 0 aliphatic rings. The van der Waals surface area contributed by atoms with Crippen LogP contribution in [0.4, 0.5) is 0 Å². The smallest absolute Gasteiger partial charge is 0.484 e. The predicted molar refractivity (Wildman–Crippen MR) is 21.0 cm³/mol. The minimum atomic E-state index is 0. The molecule has 0 unspecified atom stereocenters. The third-order valence-corrected chi connectivity index (χ3v) is 0.483. The van der Waals surface area contributed by atoms with Gasteiger partial charge >= 0.3 is 51.4 Å². The maximum absolute atomic E-state index is 4.61. The topological polar surface area (TPSA) is 26.0 Å². The Balaban J connectivity index is 0.000000360. The van der Waals surface area contributed by atoms with Crippen molar-refractivity contribution in [3.05, 3.63) is 25.3 Å². The molecule has 7 heavy (non-hydrogen) atoms. The fourth-order valence-corrected chi connectivity index (χ4v) is 0.242. The summed E-state index contributed by atoms with van der Waals surface area (Å²) >= 11 is 0. The van der Waals surface area contributed by atoms with Gasteiger partial charge < -0.3 is 9.40 Å². The molecule has 0 saturated carbocycles. The number of hydrogen-bond acceptors (Lipinski definition) is 2. The second kappa shape index (κ2) is 3.69. The SMILES string of the molecule is [CH2-]c1cnco1.[K+]. The quantitative estimate of drug-likeness (QED) is 0.289. The van der Waals surface area contributed by atoms with Gasteiger partial charge in [0.2, 0.25) is 0 Å². The van der Waals surface area contributed by atoms with E-state index in [1.165, 1.54) is 6.39 Å². The van der Waals surface area contributed by atoms with Gasteiger partial charge in [-0.3, -0.25) is 0 Å². The van der Waals surface area contributed by atoms with Gasteiger partial charge in [0.15, 0.2) is 6.39 Å². The third kappa shape index (κ3) is 2.51. The van der Waals surface area contributed by atoms with Crippen LogP contribution >= 0.6 is 0 Å². The summed E-state index contributed by atoms with van der Waals surface area (Å²) in [5, 5.41) is 0. The van der Waals surface area contributed by atoms with Gasteiger partial charge in [-0.2, -0.15) is 0 Å². The van der Waals surface area contributed by atoms with Gasteiger partial charge in [0, 0.05) is 0 Å². The normalized spacial score (nSPS) is 7.43. The Morgan fingerprint density at radius 3 is 2.57 bits per heavy atom. The Morgan fingerprint density at radius 2 is 2.43 bits per heavy atom. The van der Waals surface area contributed by atoms with Crippen LogP contribution in [-0.4, -0.2) is 4.98 Å². The van der Waals surface area contributed by atoms with Crippen molar-refractivity contribution in [2.75, 3.05) is 0 Å². The van der Waals surface area contributed by atoms with E-state index in [0.29, 0.717) is 5.76 Å². The summed E-state index contributed by atoms with van der Waals surface area (Å²) in [6.07, 6.45) is 2.91. The van der Waals surface area contributed by atoms with Crippen molar-refractivity contribution in [2.45, 2.75) is 0 Å². The molecular formula is C4H4KNO. The van der Waals surface area contributed by atoms with E-state index in [0.717, 1.165) is 0 Å². The van der Waals surface area contributed by atoms with Crippen molar-refractivity contribution in [1.29, 1.82) is 0 Å². The molecular weight excluding hydrogens is 117 g/mol. The number of hydrogen-bond donors (Lipinski definition) is 0. The van der Waals surface area contributed by atoms with E-state index >= 15 is 0 Å². The Kier molecular flexibility index (Phi) is 4.06. The predicted octanol–water partition coefficient (Wildman–Crippen LogP) is -2.14. The van der Waals surface area contributed by atoms with E-state index in [9.17, 15) is 0 Å². The van der Waals surface area contributed by atoms with E-state index in [1.54, 1.807) is 6.20 Å². The molecule has 0 N–H and O–H groups in total. The first-order valence-corrected chi connectivity index (χ1v) is 1.60. The Bertz CT molecular complexity index is 115. The van der Waals surface area contributed by atoms with Crippen molar-refractivity contribution in [3.8, 4) is 0 Å². The van der Waals surface area contributed by atoms with Crippen LogP contribution in [0.3, 0.4) is 0 Å². The van der Waals surface area contributed by atoms with E-state index in [-0.39, 0.29) is 51.4 Å². The van der Waals surface area contributed by atoms with Crippen molar-refractivity contribution in [2.24, 2.45) is 0 Å². The minimum absolute atomic E-state index is 0. The molecule has 2 nitrogen and oxygen atoms in total. The number of oxazole rings is 1. The fourth-order valence-electron chi connectivity index (χ4n) is 0.242. The van der Waals surface area contributed by atoms with E-state index in [2.05, 4.69) is 16.3 Å². The monoisotopic (exact) mass is 121 g/mol. The molecule has 0 aliphatic heterocycles. The second-order valence-corrected chi connectivity index (χ2v) is 0.968. The van der Waals surface area contributed by atoms with Gasteiger partial charge in [0.05, 0.1) is 0 Å². The molecule has 0 saturated heterocycles. The van der Waals surface area contributed by atoms with Crippen LogP contribution in [0.5, 0.6) is 0 Å². The Labute approximate surface area is 84.7 Å². The first-order valence-electron chi connectivity index (χ1n) is 1.60. The molecule has 0 atom stereocenters. The zero-order valence-electron chi connectivity index (χ0n) is 4.22. The molecule has 0 radical (unpaired) electrons. The van der Waals surface area contributed by atoms with Crippen molar-refractivity contribution in [1.82, 2.24) is 4.98 Å². The summed E-state index contributed by atoms with van der Waals surface area (Å²) in [5.41, 5.74) is 0. The molecule has 0 bridgehead atoms. The zero-order chi connectivity index (χ0) is 4.41. The molecule has 1 aromatic heterocycles. The molecule has 0 aromatic carbocycles. The summed E-state index contributed by atoms with van der Waals surface area (Å²) < 4.78 is 4.61. The van der Waals surface area contributed by atoms with Gasteiger partial charge in [-0.15, -0.1) is 0 Å². The van der Waals surface area contributed by atoms with Crippen LogP contribution in [0.15, 0.2) is 17.0 Å². The fraction of sp³-hybridized carbons (Fsp3) is 0. The Hall–Kier alpha value is 0.716. The summed E-state index contributed by atoms with van der Waals surface area (Å²) in [6.45, 7) is 3.45. The minimum Gasteiger partial charge on any atom is -0.484 e. The van der Waals surface area contributed by atoms with Gasteiger partial charge in [-0.25, -0.2) is 6.92 Å². The van der Waals surface area contributed by atoms with Gasteiger partial charge in [0.1, 0.15) is 0 Å². The maximum atomic E-state index is 4.61. The van der Waals surface area contributed by atoms with Crippen molar-refractivity contribution >= 4 is 0 Å².